The lowest BCUT2D eigenvalue weighted by Gasteiger charge is -1.97. The highest BCUT2D eigenvalue weighted by Crippen LogP contribution is 2.07. The van der Waals surface area contributed by atoms with Crippen LogP contribution in [-0.4, -0.2) is 11.1 Å². The molecule has 0 bridgehead atoms. The molecule has 20 heavy (non-hydrogen) atoms. The molecular formula is C18H28O2. The fourth-order valence-corrected chi connectivity index (χ4v) is 1.76. The van der Waals surface area contributed by atoms with Gasteiger partial charge in [0, 0.05) is 6.42 Å². The lowest BCUT2D eigenvalue weighted by Crippen LogP contribution is -1.93. The Balaban J connectivity index is 3.31. The second-order valence-corrected chi connectivity index (χ2v) is 4.81. The molecule has 0 amide bonds. The Labute approximate surface area is 123 Å². The molecule has 0 aromatic heterocycles. The third kappa shape index (κ3) is 16.4. The van der Waals surface area contributed by atoms with E-state index in [1.807, 2.05) is 12.2 Å². The van der Waals surface area contributed by atoms with Crippen molar-refractivity contribution in [3.05, 3.63) is 49.1 Å². The van der Waals surface area contributed by atoms with E-state index in [9.17, 15) is 4.79 Å². The molecule has 0 unspecified atom stereocenters. The molecule has 0 aliphatic heterocycles. The van der Waals surface area contributed by atoms with Crippen LogP contribution in [0, 0.1) is 0 Å². The zero-order chi connectivity index (χ0) is 14.9. The maximum Gasteiger partial charge on any atom is 0.303 e. The van der Waals surface area contributed by atoms with Crippen LogP contribution < -0.4 is 0 Å². The SMILES string of the molecule is C=CCCC=CC=CC=CCCCCCCCC(=O)O. The van der Waals surface area contributed by atoms with Crippen LogP contribution in [0.3, 0.4) is 0 Å². The van der Waals surface area contributed by atoms with Gasteiger partial charge in [0.15, 0.2) is 0 Å². The summed E-state index contributed by atoms with van der Waals surface area (Å²) in [7, 11) is 0. The van der Waals surface area contributed by atoms with Gasteiger partial charge in [-0.15, -0.1) is 6.58 Å². The van der Waals surface area contributed by atoms with Crippen molar-refractivity contribution >= 4 is 5.97 Å². The quantitative estimate of drug-likeness (QED) is 0.276. The molecule has 0 heterocycles. The van der Waals surface area contributed by atoms with Crippen molar-refractivity contribution in [3.8, 4) is 0 Å². The molecule has 0 fully saturated rings. The largest absolute Gasteiger partial charge is 0.481 e. The smallest absolute Gasteiger partial charge is 0.303 e. The predicted molar refractivity (Wildman–Crippen MR) is 86.8 cm³/mol. The lowest BCUT2D eigenvalue weighted by molar-refractivity contribution is -0.137. The van der Waals surface area contributed by atoms with Gasteiger partial charge in [0.1, 0.15) is 0 Å². The molecule has 0 aromatic carbocycles. The number of hydrogen-bond acceptors (Lipinski definition) is 1. The van der Waals surface area contributed by atoms with Crippen molar-refractivity contribution in [2.75, 3.05) is 0 Å². The van der Waals surface area contributed by atoms with Gasteiger partial charge in [-0.3, -0.25) is 4.79 Å². The molecule has 0 atom stereocenters. The van der Waals surface area contributed by atoms with Crippen LogP contribution in [0.2, 0.25) is 0 Å². The molecule has 0 spiro atoms. The summed E-state index contributed by atoms with van der Waals surface area (Å²) in [6.07, 6.45) is 23.4. The average Bonchev–Trinajstić information content (AvgIpc) is 2.43. The number of carboxylic acid groups (broad SMARTS) is 1. The molecular weight excluding hydrogens is 248 g/mol. The maximum atomic E-state index is 10.3. The first-order valence-corrected chi connectivity index (χ1v) is 7.58. The molecule has 0 saturated carbocycles. The monoisotopic (exact) mass is 276 g/mol. The Morgan fingerprint density at radius 2 is 1.40 bits per heavy atom. The molecule has 0 radical (unpaired) electrons. The van der Waals surface area contributed by atoms with Crippen molar-refractivity contribution in [2.45, 2.75) is 57.8 Å². The molecule has 0 aliphatic carbocycles. The normalized spacial score (nSPS) is 11.8. The Hall–Kier alpha value is -1.57. The van der Waals surface area contributed by atoms with Gasteiger partial charge in [-0.1, -0.05) is 61.8 Å². The minimum absolute atomic E-state index is 0.311. The van der Waals surface area contributed by atoms with Crippen LogP contribution in [-0.2, 0) is 4.79 Å². The van der Waals surface area contributed by atoms with Crippen molar-refractivity contribution < 1.29 is 9.90 Å². The second kappa shape index (κ2) is 15.5. The van der Waals surface area contributed by atoms with Gasteiger partial charge >= 0.3 is 5.97 Å². The van der Waals surface area contributed by atoms with E-state index >= 15 is 0 Å². The minimum Gasteiger partial charge on any atom is -0.481 e. The molecule has 0 saturated heterocycles. The Morgan fingerprint density at radius 3 is 2.05 bits per heavy atom. The van der Waals surface area contributed by atoms with Crippen LogP contribution >= 0.6 is 0 Å². The van der Waals surface area contributed by atoms with Crippen LogP contribution in [0.15, 0.2) is 49.1 Å². The van der Waals surface area contributed by atoms with Crippen LogP contribution in [0.1, 0.15) is 57.8 Å². The van der Waals surface area contributed by atoms with Gasteiger partial charge in [0.05, 0.1) is 0 Å². The molecule has 0 aliphatic rings. The van der Waals surface area contributed by atoms with Gasteiger partial charge in [0.25, 0.3) is 0 Å². The molecule has 0 rings (SSSR count). The van der Waals surface area contributed by atoms with E-state index in [0.717, 1.165) is 38.5 Å². The summed E-state index contributed by atoms with van der Waals surface area (Å²) in [5, 5.41) is 8.49. The van der Waals surface area contributed by atoms with E-state index in [1.54, 1.807) is 0 Å². The number of hydrogen-bond donors (Lipinski definition) is 1. The topological polar surface area (TPSA) is 37.3 Å². The number of rotatable bonds is 13. The third-order valence-corrected chi connectivity index (χ3v) is 2.90. The van der Waals surface area contributed by atoms with Crippen LogP contribution in [0.4, 0.5) is 0 Å². The summed E-state index contributed by atoms with van der Waals surface area (Å²) in [5.41, 5.74) is 0. The highest BCUT2D eigenvalue weighted by Gasteiger charge is 1.95. The van der Waals surface area contributed by atoms with E-state index < -0.39 is 5.97 Å². The summed E-state index contributed by atoms with van der Waals surface area (Å²) in [5.74, 6) is -0.682. The van der Waals surface area contributed by atoms with Gasteiger partial charge < -0.3 is 5.11 Å². The average molecular weight is 276 g/mol. The van der Waals surface area contributed by atoms with Crippen molar-refractivity contribution in [1.29, 1.82) is 0 Å². The van der Waals surface area contributed by atoms with Gasteiger partial charge in [-0.25, -0.2) is 0 Å². The number of aliphatic carboxylic acids is 1. The Bertz CT molecular complexity index is 324. The first-order valence-electron chi connectivity index (χ1n) is 7.58. The molecule has 112 valence electrons. The summed E-state index contributed by atoms with van der Waals surface area (Å²) in [4.78, 5) is 10.3. The van der Waals surface area contributed by atoms with E-state index in [0.29, 0.717) is 6.42 Å². The van der Waals surface area contributed by atoms with E-state index in [-0.39, 0.29) is 0 Å². The summed E-state index contributed by atoms with van der Waals surface area (Å²) in [6.45, 7) is 3.68. The van der Waals surface area contributed by atoms with Gasteiger partial charge in [-0.2, -0.15) is 0 Å². The van der Waals surface area contributed by atoms with Crippen molar-refractivity contribution in [3.63, 3.8) is 0 Å². The fourth-order valence-electron chi connectivity index (χ4n) is 1.76. The molecule has 2 nitrogen and oxygen atoms in total. The summed E-state index contributed by atoms with van der Waals surface area (Å²) in [6, 6.07) is 0. The van der Waals surface area contributed by atoms with Crippen LogP contribution in [0.25, 0.3) is 0 Å². The summed E-state index contributed by atoms with van der Waals surface area (Å²) >= 11 is 0. The zero-order valence-electron chi connectivity index (χ0n) is 12.5. The van der Waals surface area contributed by atoms with E-state index in [2.05, 4.69) is 37.0 Å². The minimum atomic E-state index is -0.682. The molecule has 1 N–H and O–H groups in total. The maximum absolute atomic E-state index is 10.3. The standard InChI is InChI=1S/C18H28O2/c1-2-3-4-5-6-7-8-9-10-11-12-13-14-15-16-17-18(19)20/h2,5-10H,1,3-4,11-17H2,(H,19,20). The number of carbonyl (C=O) groups is 1. The highest BCUT2D eigenvalue weighted by atomic mass is 16.4. The zero-order valence-corrected chi connectivity index (χ0v) is 12.5. The van der Waals surface area contributed by atoms with Gasteiger partial charge in [0.2, 0.25) is 0 Å². The highest BCUT2D eigenvalue weighted by molar-refractivity contribution is 5.66. The molecule has 2 heteroatoms. The van der Waals surface area contributed by atoms with Crippen molar-refractivity contribution in [2.24, 2.45) is 0 Å². The van der Waals surface area contributed by atoms with E-state index in [1.165, 1.54) is 12.8 Å². The number of unbranched alkanes of at least 4 members (excludes halogenated alkanes) is 6. The van der Waals surface area contributed by atoms with Crippen molar-refractivity contribution in [1.82, 2.24) is 0 Å². The first kappa shape index (κ1) is 18.4. The second-order valence-electron chi connectivity index (χ2n) is 4.81. The van der Waals surface area contributed by atoms with E-state index in [4.69, 9.17) is 5.11 Å². The predicted octanol–water partition coefficient (Wildman–Crippen LogP) is 5.44. The third-order valence-electron chi connectivity index (χ3n) is 2.90. The first-order chi connectivity index (χ1) is 9.77. The lowest BCUT2D eigenvalue weighted by atomic mass is 10.1. The molecule has 0 aromatic rings. The van der Waals surface area contributed by atoms with Gasteiger partial charge in [-0.05, 0) is 32.1 Å². The fraction of sp³-hybridized carbons (Fsp3) is 0.500. The Kier molecular flexibility index (Phi) is 14.3. The summed E-state index contributed by atoms with van der Waals surface area (Å²) < 4.78 is 0. The number of allylic oxidation sites excluding steroid dienone is 7. The Morgan fingerprint density at radius 1 is 0.800 bits per heavy atom. The number of carboxylic acids is 1. The van der Waals surface area contributed by atoms with Crippen LogP contribution in [0.5, 0.6) is 0 Å².